The Bertz CT molecular complexity index is 2760. The molecule has 4 aromatic heterocycles. The number of ether oxygens (including phenoxy) is 6. The number of nitrogens with one attached hydrogen (secondary N) is 2. The molecular formula is C31H39N9O19P3+. The first-order valence-electron chi connectivity index (χ1n) is 18.1. The number of phosphoric acid groups is 3. The zero-order chi connectivity index (χ0) is 44.5. The van der Waals surface area contributed by atoms with Gasteiger partial charge in [-0.1, -0.05) is 12.1 Å². The van der Waals surface area contributed by atoms with Gasteiger partial charge < -0.3 is 58.9 Å². The molecule has 0 bridgehead atoms. The zero-order valence-electron chi connectivity index (χ0n) is 32.6. The molecule has 8 rings (SSSR count). The van der Waals surface area contributed by atoms with Crippen molar-refractivity contribution in [2.24, 2.45) is 7.05 Å². The second kappa shape index (κ2) is 16.7. The lowest BCUT2D eigenvalue weighted by molar-refractivity contribution is -0.646. The largest absolute Gasteiger partial charge is 0.497 e. The normalized spacial score (nSPS) is 29.1. The number of aromatic nitrogens is 8. The van der Waals surface area contributed by atoms with E-state index in [0.717, 1.165) is 0 Å². The number of anilines is 1. The molecule has 3 saturated heterocycles. The molecule has 3 fully saturated rings. The van der Waals surface area contributed by atoms with Crippen molar-refractivity contribution in [1.82, 2.24) is 34.1 Å². The average molecular weight is 935 g/mol. The van der Waals surface area contributed by atoms with Crippen molar-refractivity contribution in [3.05, 3.63) is 69.0 Å². The van der Waals surface area contributed by atoms with Crippen molar-refractivity contribution in [3.8, 4) is 5.75 Å². The van der Waals surface area contributed by atoms with Crippen molar-refractivity contribution >= 4 is 51.7 Å². The van der Waals surface area contributed by atoms with Gasteiger partial charge in [-0.15, -0.1) is 0 Å². The van der Waals surface area contributed by atoms with Crippen LogP contribution in [0.5, 0.6) is 5.75 Å². The third-order valence-corrected chi connectivity index (χ3v) is 14.2. The van der Waals surface area contributed by atoms with Crippen LogP contribution in [0.2, 0.25) is 0 Å². The van der Waals surface area contributed by atoms with Gasteiger partial charge in [-0.25, -0.2) is 28.2 Å². The number of aryl methyl sites for hydroxylation is 2. The highest BCUT2D eigenvalue weighted by Crippen LogP contribution is 2.68. The van der Waals surface area contributed by atoms with Gasteiger partial charge in [0.2, 0.25) is 18.5 Å². The fraction of sp³-hybridized carbons (Fsp3) is 0.484. The Morgan fingerprint density at radius 3 is 2.15 bits per heavy atom. The number of aromatic amines is 2. The predicted octanol–water partition coefficient (Wildman–Crippen LogP) is -0.397. The SMILES string of the molecule is COc1ccc(C2OC3[C@@H](O2)[C@@H](COP(=O)(O)OP(=O)(O)OP(=O)(O)OC[C@H]2O[C@@H](n4cnc5c(=O)[nH]c(C)nc54)C(O)[C@H]2OC)O[C@H]3n2c[n+](C)c3c(=O)[nH]c(N)nc32)cc1. The predicted molar refractivity (Wildman–Crippen MR) is 202 cm³/mol. The minimum atomic E-state index is -5.97. The number of rotatable bonds is 15. The van der Waals surface area contributed by atoms with Crippen LogP contribution in [0.15, 0.2) is 46.5 Å². The van der Waals surface area contributed by atoms with Gasteiger partial charge in [0.15, 0.2) is 29.8 Å². The summed E-state index contributed by atoms with van der Waals surface area (Å²) in [5, 5.41) is 11.0. The lowest BCUT2D eigenvalue weighted by Crippen LogP contribution is -2.35. The highest BCUT2D eigenvalue weighted by Gasteiger charge is 2.57. The molecule has 8 N–H and O–H groups in total. The fourth-order valence-electron chi connectivity index (χ4n) is 7.32. The van der Waals surface area contributed by atoms with E-state index in [1.165, 1.54) is 47.5 Å². The topological polar surface area (TPSA) is 369 Å². The number of phosphoric ester groups is 2. The number of nitrogens with zero attached hydrogens (tertiary/aromatic N) is 6. The highest BCUT2D eigenvalue weighted by atomic mass is 31.3. The van der Waals surface area contributed by atoms with E-state index in [9.17, 15) is 43.1 Å². The van der Waals surface area contributed by atoms with Gasteiger partial charge in [0, 0.05) is 12.7 Å². The molecule has 62 heavy (non-hydrogen) atoms. The molecule has 7 heterocycles. The van der Waals surface area contributed by atoms with E-state index in [2.05, 4.69) is 33.5 Å². The van der Waals surface area contributed by atoms with Gasteiger partial charge >= 0.3 is 29.0 Å². The second-order valence-electron chi connectivity index (χ2n) is 14.0. The molecule has 0 aliphatic carbocycles. The first-order chi connectivity index (χ1) is 29.3. The maximum atomic E-state index is 13.1. The van der Waals surface area contributed by atoms with Crippen LogP contribution in [0.4, 0.5) is 5.95 Å². The summed E-state index contributed by atoms with van der Waals surface area (Å²) in [6.45, 7) is -0.264. The van der Waals surface area contributed by atoms with Gasteiger partial charge in [-0.05, 0) is 19.1 Å². The number of imidazole rings is 2. The van der Waals surface area contributed by atoms with E-state index >= 15 is 0 Å². The molecule has 336 valence electrons. The summed E-state index contributed by atoms with van der Waals surface area (Å²) >= 11 is 0. The van der Waals surface area contributed by atoms with Crippen LogP contribution in [-0.2, 0) is 62.1 Å². The maximum absolute atomic E-state index is 13.1. The summed E-state index contributed by atoms with van der Waals surface area (Å²) in [7, 11) is -13.0. The van der Waals surface area contributed by atoms with Gasteiger partial charge in [-0.2, -0.15) is 18.2 Å². The molecule has 31 heteroatoms. The Morgan fingerprint density at radius 2 is 1.48 bits per heavy atom. The summed E-state index contributed by atoms with van der Waals surface area (Å²) in [6, 6.07) is 6.69. The molecule has 1 aromatic carbocycles. The minimum Gasteiger partial charge on any atom is -0.497 e. The maximum Gasteiger partial charge on any atom is 0.490 e. The molecule has 12 atom stereocenters. The number of aliphatic hydroxyl groups is 1. The number of benzene rings is 1. The molecule has 3 aliphatic rings. The highest BCUT2D eigenvalue weighted by molar-refractivity contribution is 7.66. The number of nitrogens with two attached hydrogens (primary N) is 1. The Hall–Kier alpha value is -4.31. The first kappa shape index (κ1) is 44.3. The van der Waals surface area contributed by atoms with E-state index < -0.39 is 103 Å². The molecule has 28 nitrogen and oxygen atoms in total. The smallest absolute Gasteiger partial charge is 0.490 e. The molecular weight excluding hydrogens is 895 g/mol. The number of nitrogen functional groups attached to an aromatic ring is 1. The van der Waals surface area contributed by atoms with Crippen LogP contribution in [-0.4, -0.2) is 118 Å². The Morgan fingerprint density at radius 1 is 0.839 bits per heavy atom. The number of fused-ring (bicyclic) bond motifs is 3. The van der Waals surface area contributed by atoms with E-state index in [4.69, 9.17) is 43.2 Å². The molecule has 5 aromatic rings. The van der Waals surface area contributed by atoms with Crippen LogP contribution in [0, 0.1) is 6.92 Å². The number of hydrogen-bond acceptors (Lipinski definition) is 20. The van der Waals surface area contributed by atoms with Crippen LogP contribution < -0.4 is 26.2 Å². The van der Waals surface area contributed by atoms with Crippen molar-refractivity contribution in [3.63, 3.8) is 0 Å². The first-order valence-corrected chi connectivity index (χ1v) is 22.6. The Labute approximate surface area is 346 Å². The number of H-pyrrole nitrogens is 2. The van der Waals surface area contributed by atoms with Gasteiger partial charge in [0.05, 0.1) is 33.7 Å². The monoisotopic (exact) mass is 934 g/mol. The summed E-state index contributed by atoms with van der Waals surface area (Å²) in [5.74, 6) is 0.586. The Kier molecular flexibility index (Phi) is 11.9. The number of hydrogen-bond donors (Lipinski definition) is 7. The minimum absolute atomic E-state index is 0.0438. The summed E-state index contributed by atoms with van der Waals surface area (Å²) < 4.78 is 96.2. The molecule has 3 aliphatic heterocycles. The van der Waals surface area contributed by atoms with Crippen molar-refractivity contribution in [2.75, 3.05) is 33.2 Å². The molecule has 0 radical (unpaired) electrons. The number of aliphatic hydroxyl groups excluding tert-OH is 1. The zero-order valence-corrected chi connectivity index (χ0v) is 35.3. The van der Waals surface area contributed by atoms with Crippen molar-refractivity contribution < 1.29 is 84.1 Å². The van der Waals surface area contributed by atoms with E-state index in [1.54, 1.807) is 31.3 Å². The van der Waals surface area contributed by atoms with Crippen molar-refractivity contribution in [1.29, 1.82) is 0 Å². The fourth-order valence-corrected chi connectivity index (χ4v) is 10.8. The summed E-state index contributed by atoms with van der Waals surface area (Å²) in [6.07, 6.45) is -8.16. The standard InChI is InChI=1S/C31H38N9O19P3/c1-13-34-24-18(26(42)35-13)33-11-39(24)28-20(41)21(51-4)16(54-28)9-52-60(44,45)58-62(48,49)59-61(46,47)53-10-17-22-23(57-30(56-22)14-5-7-15(50-3)8-6-14)29(55-17)40-12-38(2)19-25(40)36-31(32)37-27(19)43/h5-8,11-12,16-17,20-23,28-30,41H,9-10H2,1-4H3,(H6-,32,34,35,36,37,42,43,44,45,46,47,48,49)/p+1/t16-,17-,20?,21+,22+,23?,28-,29-,30?/m1/s1. The number of methoxy groups -OCH3 is 2. The van der Waals surface area contributed by atoms with E-state index in [-0.39, 0.29) is 34.1 Å². The van der Waals surface area contributed by atoms with Crippen LogP contribution in [0.3, 0.4) is 0 Å². The third kappa shape index (κ3) is 8.66. The quantitative estimate of drug-likeness (QED) is 0.0519. The molecule has 0 saturated carbocycles. The molecule has 0 spiro atoms. The van der Waals surface area contributed by atoms with Crippen molar-refractivity contribution in [2.45, 2.75) is 62.3 Å². The van der Waals surface area contributed by atoms with Gasteiger partial charge in [0.25, 0.3) is 16.7 Å². The lowest BCUT2D eigenvalue weighted by atomic mass is 10.1. The van der Waals surface area contributed by atoms with Crippen LogP contribution in [0.25, 0.3) is 22.3 Å². The van der Waals surface area contributed by atoms with Gasteiger partial charge in [-0.3, -0.25) is 28.2 Å². The lowest BCUT2D eigenvalue weighted by Gasteiger charge is -2.22. The summed E-state index contributed by atoms with van der Waals surface area (Å²) in [5.41, 5.74) is 5.45. The third-order valence-electron chi connectivity index (χ3n) is 9.92. The van der Waals surface area contributed by atoms with E-state index in [0.29, 0.717) is 11.3 Å². The van der Waals surface area contributed by atoms with Gasteiger partial charge in [0.1, 0.15) is 42.1 Å². The molecule has 6 unspecified atom stereocenters. The molecule has 0 amide bonds. The van der Waals surface area contributed by atoms with Crippen LogP contribution >= 0.6 is 23.5 Å². The average Bonchev–Trinajstić information content (AvgIpc) is 4.00. The second-order valence-corrected chi connectivity index (χ2v) is 18.7. The van der Waals surface area contributed by atoms with E-state index in [1.807, 2.05) is 0 Å². The van der Waals surface area contributed by atoms with Crippen LogP contribution in [0.1, 0.15) is 30.1 Å². The Balaban J connectivity index is 0.932. The summed E-state index contributed by atoms with van der Waals surface area (Å²) in [4.78, 5) is 73.6.